The van der Waals surface area contributed by atoms with Gasteiger partial charge in [0.05, 0.1) is 5.41 Å². The van der Waals surface area contributed by atoms with E-state index >= 15 is 0 Å². The molecule has 1 aromatic carbocycles. The van der Waals surface area contributed by atoms with Gasteiger partial charge < -0.3 is 19.3 Å². The Hall–Kier alpha value is -2.24. The summed E-state index contributed by atoms with van der Waals surface area (Å²) in [6.45, 7) is 19.3. The third-order valence-electron chi connectivity index (χ3n) is 4.71. The highest BCUT2D eigenvalue weighted by atomic mass is 16.7. The number of hydrogen-bond donors (Lipinski definition) is 1. The fraction of sp³-hybridized carbons (Fsp3) is 0.652. The summed E-state index contributed by atoms with van der Waals surface area (Å²) in [5.74, 6) is -0.605. The molecule has 0 saturated carbocycles. The summed E-state index contributed by atoms with van der Waals surface area (Å²) < 4.78 is 15.8. The van der Waals surface area contributed by atoms with Gasteiger partial charge in [-0.05, 0) is 57.1 Å². The number of benzene rings is 1. The summed E-state index contributed by atoms with van der Waals surface area (Å²) in [7, 11) is 0. The number of phenolic OH excluding ortho intramolecular Hbond substituents is 1. The number of rotatable bonds is 4. The van der Waals surface area contributed by atoms with Crippen molar-refractivity contribution >= 4 is 12.1 Å². The van der Waals surface area contributed by atoms with Gasteiger partial charge in [0.15, 0.2) is 11.5 Å². The first-order valence-electron chi connectivity index (χ1n) is 9.80. The summed E-state index contributed by atoms with van der Waals surface area (Å²) in [5.41, 5.74) is -1.92. The standard InChI is InChI=1S/C23H36O6/c1-20(2,3)14-23(10,21(4,5)6)18(25)27-15-11-12-16(24)17(13-15)28-19(26)29-22(7,8)9/h11-13,24H,14H2,1-10H3. The first-order valence-corrected chi connectivity index (χ1v) is 9.80. The van der Waals surface area contributed by atoms with Crippen molar-refractivity contribution in [3.63, 3.8) is 0 Å². The van der Waals surface area contributed by atoms with Crippen LogP contribution in [0.5, 0.6) is 17.2 Å². The van der Waals surface area contributed by atoms with Gasteiger partial charge in [-0.2, -0.15) is 0 Å². The smallest absolute Gasteiger partial charge is 0.504 e. The maximum atomic E-state index is 13.1. The van der Waals surface area contributed by atoms with Gasteiger partial charge in [-0.25, -0.2) is 4.79 Å². The number of esters is 1. The summed E-state index contributed by atoms with van der Waals surface area (Å²) >= 11 is 0. The number of ether oxygens (including phenoxy) is 3. The minimum Gasteiger partial charge on any atom is -0.504 e. The predicted octanol–water partition coefficient (Wildman–Crippen LogP) is 6.10. The average Bonchev–Trinajstić information content (AvgIpc) is 2.45. The Kier molecular flexibility index (Phi) is 7.05. The van der Waals surface area contributed by atoms with Gasteiger partial charge in [-0.1, -0.05) is 41.5 Å². The van der Waals surface area contributed by atoms with Crippen LogP contribution in [0.3, 0.4) is 0 Å². The van der Waals surface area contributed by atoms with Gasteiger partial charge in [0.1, 0.15) is 11.4 Å². The van der Waals surface area contributed by atoms with E-state index in [2.05, 4.69) is 20.8 Å². The molecule has 0 amide bonds. The molecule has 0 spiro atoms. The molecule has 6 heteroatoms. The highest BCUT2D eigenvalue weighted by molar-refractivity contribution is 5.80. The molecule has 0 radical (unpaired) electrons. The van der Waals surface area contributed by atoms with Crippen LogP contribution in [0.2, 0.25) is 0 Å². The van der Waals surface area contributed by atoms with Crippen LogP contribution in [0.25, 0.3) is 0 Å². The Balaban J connectivity index is 3.10. The number of hydrogen-bond acceptors (Lipinski definition) is 6. The van der Waals surface area contributed by atoms with E-state index in [1.165, 1.54) is 18.2 Å². The summed E-state index contributed by atoms with van der Waals surface area (Å²) in [6.07, 6.45) is -0.328. The SMILES string of the molecule is CC(C)(C)CC(C)(C(=O)Oc1ccc(O)c(OC(=O)OC(C)(C)C)c1)C(C)(C)C. The Morgan fingerprint density at radius 2 is 1.45 bits per heavy atom. The van der Waals surface area contributed by atoms with Crippen LogP contribution in [0, 0.1) is 16.2 Å². The predicted molar refractivity (Wildman–Crippen MR) is 112 cm³/mol. The van der Waals surface area contributed by atoms with Crippen molar-refractivity contribution in [3.8, 4) is 17.2 Å². The van der Waals surface area contributed by atoms with Crippen molar-refractivity contribution in [1.29, 1.82) is 0 Å². The Morgan fingerprint density at radius 1 is 0.897 bits per heavy atom. The van der Waals surface area contributed by atoms with E-state index < -0.39 is 17.2 Å². The average molecular weight is 409 g/mol. The van der Waals surface area contributed by atoms with Crippen molar-refractivity contribution in [1.82, 2.24) is 0 Å². The van der Waals surface area contributed by atoms with Crippen LogP contribution >= 0.6 is 0 Å². The van der Waals surface area contributed by atoms with E-state index in [1.807, 2.05) is 27.7 Å². The lowest BCUT2D eigenvalue weighted by atomic mass is 9.61. The molecule has 1 rings (SSSR count). The van der Waals surface area contributed by atoms with E-state index in [-0.39, 0.29) is 34.0 Å². The van der Waals surface area contributed by atoms with Gasteiger partial charge in [0.2, 0.25) is 0 Å². The molecule has 0 heterocycles. The molecule has 164 valence electrons. The topological polar surface area (TPSA) is 82.1 Å². The van der Waals surface area contributed by atoms with Crippen LogP contribution < -0.4 is 9.47 Å². The molecule has 1 atom stereocenters. The lowest BCUT2D eigenvalue weighted by Gasteiger charge is -2.43. The Labute approximate surface area is 174 Å². The molecule has 0 aliphatic rings. The van der Waals surface area contributed by atoms with Crippen LogP contribution in [0.1, 0.15) is 75.7 Å². The number of carbonyl (C=O) groups is 2. The zero-order chi connectivity index (χ0) is 22.8. The molecule has 0 aliphatic carbocycles. The highest BCUT2D eigenvalue weighted by Gasteiger charge is 2.48. The molecule has 0 aromatic heterocycles. The number of phenols is 1. The minimum absolute atomic E-state index is 0.0823. The molecule has 1 unspecified atom stereocenters. The molecule has 0 saturated heterocycles. The summed E-state index contributed by atoms with van der Waals surface area (Å²) in [5, 5.41) is 9.99. The third kappa shape index (κ3) is 7.26. The molecule has 1 aromatic rings. The van der Waals surface area contributed by atoms with E-state index in [9.17, 15) is 14.7 Å². The number of carbonyl (C=O) groups excluding carboxylic acids is 2. The largest absolute Gasteiger partial charge is 0.514 e. The second-order valence-electron chi connectivity index (χ2n) is 10.9. The molecule has 6 nitrogen and oxygen atoms in total. The van der Waals surface area contributed by atoms with Crippen LogP contribution in [0.4, 0.5) is 4.79 Å². The van der Waals surface area contributed by atoms with E-state index in [1.54, 1.807) is 20.8 Å². The molecule has 0 bridgehead atoms. The third-order valence-corrected chi connectivity index (χ3v) is 4.71. The molecule has 0 aliphatic heterocycles. The number of aromatic hydroxyl groups is 1. The fourth-order valence-electron chi connectivity index (χ4n) is 2.92. The zero-order valence-electron chi connectivity index (χ0n) is 19.4. The first-order chi connectivity index (χ1) is 12.8. The van der Waals surface area contributed by atoms with Crippen molar-refractivity contribution in [2.75, 3.05) is 0 Å². The van der Waals surface area contributed by atoms with Crippen molar-refractivity contribution in [2.45, 2.75) is 81.3 Å². The molecule has 0 fully saturated rings. The molecule has 29 heavy (non-hydrogen) atoms. The van der Waals surface area contributed by atoms with Crippen LogP contribution in [-0.2, 0) is 9.53 Å². The second-order valence-corrected chi connectivity index (χ2v) is 10.9. The summed E-state index contributed by atoms with van der Waals surface area (Å²) in [4.78, 5) is 25.0. The second kappa shape index (κ2) is 8.25. The normalized spacial score (nSPS) is 14.7. The van der Waals surface area contributed by atoms with Gasteiger partial charge in [0, 0.05) is 6.07 Å². The van der Waals surface area contributed by atoms with Gasteiger partial charge in [-0.15, -0.1) is 0 Å². The van der Waals surface area contributed by atoms with E-state index in [0.717, 1.165) is 0 Å². The van der Waals surface area contributed by atoms with Crippen molar-refractivity contribution in [3.05, 3.63) is 18.2 Å². The first kappa shape index (κ1) is 24.8. The lowest BCUT2D eigenvalue weighted by molar-refractivity contribution is -0.154. The zero-order valence-corrected chi connectivity index (χ0v) is 19.4. The van der Waals surface area contributed by atoms with E-state index in [0.29, 0.717) is 6.42 Å². The maximum absolute atomic E-state index is 13.1. The van der Waals surface area contributed by atoms with Gasteiger partial charge >= 0.3 is 12.1 Å². The van der Waals surface area contributed by atoms with Gasteiger partial charge in [-0.3, -0.25) is 4.79 Å². The highest BCUT2D eigenvalue weighted by Crippen LogP contribution is 2.47. The van der Waals surface area contributed by atoms with Crippen LogP contribution in [-0.4, -0.2) is 22.8 Å². The fourth-order valence-corrected chi connectivity index (χ4v) is 2.92. The quantitative estimate of drug-likeness (QED) is 0.368. The van der Waals surface area contributed by atoms with Crippen molar-refractivity contribution < 1.29 is 28.9 Å². The molecular weight excluding hydrogens is 372 g/mol. The minimum atomic E-state index is -0.955. The van der Waals surface area contributed by atoms with Crippen molar-refractivity contribution in [2.24, 2.45) is 16.2 Å². The monoisotopic (exact) mass is 408 g/mol. The van der Waals surface area contributed by atoms with Crippen LogP contribution in [0.15, 0.2) is 18.2 Å². The van der Waals surface area contributed by atoms with Gasteiger partial charge in [0.25, 0.3) is 0 Å². The Morgan fingerprint density at radius 3 is 1.90 bits per heavy atom. The molecular formula is C23H36O6. The maximum Gasteiger partial charge on any atom is 0.514 e. The summed E-state index contributed by atoms with van der Waals surface area (Å²) in [6, 6.07) is 4.06. The Bertz CT molecular complexity index is 746. The lowest BCUT2D eigenvalue weighted by Crippen LogP contribution is -2.45. The van der Waals surface area contributed by atoms with E-state index in [4.69, 9.17) is 14.2 Å². The molecule has 1 N–H and O–H groups in total.